The molecule has 2 atom stereocenters. The number of aliphatic hydroxyl groups excluding tert-OH is 1. The minimum atomic E-state index is -0.512. The monoisotopic (exact) mass is 349 g/mol. The largest absolute Gasteiger partial charge is 0.494 e. The lowest BCUT2D eigenvalue weighted by Crippen LogP contribution is -2.31. The Morgan fingerprint density at radius 2 is 2.00 bits per heavy atom. The Bertz CT molecular complexity index is 622. The lowest BCUT2D eigenvalue weighted by molar-refractivity contribution is 0.129. The van der Waals surface area contributed by atoms with E-state index in [-0.39, 0.29) is 18.0 Å². The number of thioether (sulfide) groups is 2. The molecule has 1 N–H and O–H groups in total. The van der Waals surface area contributed by atoms with Gasteiger partial charge in [0.1, 0.15) is 6.10 Å². The van der Waals surface area contributed by atoms with Crippen LogP contribution in [-0.4, -0.2) is 33.6 Å². The van der Waals surface area contributed by atoms with E-state index in [0.29, 0.717) is 0 Å². The van der Waals surface area contributed by atoms with Gasteiger partial charge in [0.2, 0.25) is 0 Å². The van der Waals surface area contributed by atoms with Crippen molar-refractivity contribution in [2.24, 2.45) is 0 Å². The van der Waals surface area contributed by atoms with Crippen molar-refractivity contribution in [1.29, 1.82) is 0 Å². The zero-order chi connectivity index (χ0) is 16.2. The first-order valence-corrected chi connectivity index (χ1v) is 9.55. The molecule has 0 aliphatic carbocycles. The fourth-order valence-electron chi connectivity index (χ4n) is 2.62. The van der Waals surface area contributed by atoms with Crippen LogP contribution < -0.4 is 0 Å². The summed E-state index contributed by atoms with van der Waals surface area (Å²) in [5.41, 5.74) is 0.931. The van der Waals surface area contributed by atoms with Crippen molar-refractivity contribution in [1.82, 2.24) is 4.90 Å². The van der Waals surface area contributed by atoms with Crippen molar-refractivity contribution in [3.63, 3.8) is 0 Å². The van der Waals surface area contributed by atoms with Crippen LogP contribution in [0.5, 0.6) is 0 Å². The number of allylic oxidation sites excluding steroid dienone is 2. The molecular formula is C17H19NO3S2. The first kappa shape index (κ1) is 16.3. The molecule has 4 nitrogen and oxygen atoms in total. The number of carbonyl (C=O) groups excluding carboxylic acids is 1. The first-order chi connectivity index (χ1) is 11.2. The van der Waals surface area contributed by atoms with Gasteiger partial charge in [-0.3, -0.25) is 0 Å². The molecule has 2 saturated heterocycles. The summed E-state index contributed by atoms with van der Waals surface area (Å²) in [6.07, 6.45) is 3.79. The van der Waals surface area contributed by atoms with E-state index in [4.69, 9.17) is 4.74 Å². The molecule has 122 valence electrons. The van der Waals surface area contributed by atoms with Gasteiger partial charge >= 0.3 is 6.09 Å². The van der Waals surface area contributed by atoms with E-state index in [9.17, 15) is 9.90 Å². The maximum absolute atomic E-state index is 12.1. The summed E-state index contributed by atoms with van der Waals surface area (Å²) in [7, 11) is 0. The number of hydrogen-bond donors (Lipinski definition) is 1. The summed E-state index contributed by atoms with van der Waals surface area (Å²) in [4.78, 5) is 13.4. The molecule has 0 aromatic heterocycles. The second-order valence-corrected chi connectivity index (χ2v) is 7.92. The summed E-state index contributed by atoms with van der Waals surface area (Å²) in [6, 6.07) is 9.34. The number of amides is 1. The summed E-state index contributed by atoms with van der Waals surface area (Å²) < 4.78 is 6.61. The number of cyclic esters (lactones) is 1. The summed E-state index contributed by atoms with van der Waals surface area (Å²) >= 11 is 3.56. The van der Waals surface area contributed by atoms with Crippen LogP contribution >= 0.6 is 23.5 Å². The molecule has 2 fully saturated rings. The quantitative estimate of drug-likeness (QED) is 0.803. The predicted octanol–water partition coefficient (Wildman–Crippen LogP) is 4.68. The number of nitrogens with zero attached hydrogens (tertiary/aromatic N) is 1. The van der Waals surface area contributed by atoms with E-state index < -0.39 is 6.09 Å². The third kappa shape index (κ3) is 3.70. The fraction of sp³-hybridized carbons (Fsp3) is 0.353. The van der Waals surface area contributed by atoms with Crippen molar-refractivity contribution in [3.8, 4) is 0 Å². The molecule has 0 saturated carbocycles. The third-order valence-electron chi connectivity index (χ3n) is 3.79. The van der Waals surface area contributed by atoms with E-state index in [2.05, 4.69) is 0 Å². The number of aliphatic hydroxyl groups is 1. The van der Waals surface area contributed by atoms with Gasteiger partial charge in [-0.25, -0.2) is 9.69 Å². The third-order valence-corrected chi connectivity index (χ3v) is 6.32. The average molecular weight is 349 g/mol. The topological polar surface area (TPSA) is 49.8 Å². The number of benzene rings is 1. The van der Waals surface area contributed by atoms with Gasteiger partial charge in [0.25, 0.3) is 0 Å². The van der Waals surface area contributed by atoms with Crippen LogP contribution in [0.4, 0.5) is 4.79 Å². The Morgan fingerprint density at radius 1 is 1.30 bits per heavy atom. The van der Waals surface area contributed by atoms with E-state index in [1.807, 2.05) is 43.3 Å². The first-order valence-electron chi connectivity index (χ1n) is 7.58. The Hall–Kier alpha value is -1.53. The lowest BCUT2D eigenvalue weighted by atomic mass is 10.0. The Balaban J connectivity index is 1.75. The smallest absolute Gasteiger partial charge is 0.417 e. The van der Waals surface area contributed by atoms with Gasteiger partial charge in [-0.1, -0.05) is 30.3 Å². The minimum absolute atomic E-state index is 0.0693. The lowest BCUT2D eigenvalue weighted by Gasteiger charge is -2.19. The van der Waals surface area contributed by atoms with Crippen molar-refractivity contribution in [2.45, 2.75) is 25.5 Å². The number of rotatable bonds is 3. The fourth-order valence-corrected chi connectivity index (χ4v) is 4.95. The van der Waals surface area contributed by atoms with Crippen molar-refractivity contribution in [3.05, 3.63) is 58.2 Å². The molecule has 0 spiro atoms. The second kappa shape index (κ2) is 7.36. The van der Waals surface area contributed by atoms with Crippen molar-refractivity contribution >= 4 is 29.6 Å². The summed E-state index contributed by atoms with van der Waals surface area (Å²) in [5.74, 6) is 2.14. The van der Waals surface area contributed by atoms with Crippen molar-refractivity contribution < 1.29 is 14.6 Å². The molecule has 2 aliphatic heterocycles. The van der Waals surface area contributed by atoms with Crippen LogP contribution in [-0.2, 0) is 4.74 Å². The highest BCUT2D eigenvalue weighted by atomic mass is 32.2. The molecule has 23 heavy (non-hydrogen) atoms. The molecule has 0 radical (unpaired) electrons. The van der Waals surface area contributed by atoms with Gasteiger partial charge in [0, 0.05) is 10.3 Å². The Morgan fingerprint density at radius 3 is 2.70 bits per heavy atom. The zero-order valence-electron chi connectivity index (χ0n) is 12.8. The van der Waals surface area contributed by atoms with Gasteiger partial charge < -0.3 is 9.84 Å². The summed E-state index contributed by atoms with van der Waals surface area (Å²) in [5, 5.41) is 10.3. The van der Waals surface area contributed by atoms with E-state index in [1.165, 1.54) is 15.6 Å². The van der Waals surface area contributed by atoms with Gasteiger partial charge in [0.05, 0.1) is 6.04 Å². The van der Waals surface area contributed by atoms with E-state index in [0.717, 1.165) is 17.1 Å². The van der Waals surface area contributed by atoms with Gasteiger partial charge in [-0.15, -0.1) is 23.5 Å². The highest BCUT2D eigenvalue weighted by Crippen LogP contribution is 2.36. The molecule has 0 unspecified atom stereocenters. The highest BCUT2D eigenvalue weighted by molar-refractivity contribution is 8.22. The van der Waals surface area contributed by atoms with Gasteiger partial charge in [-0.2, -0.15) is 0 Å². The molecule has 6 heteroatoms. The van der Waals surface area contributed by atoms with Crippen LogP contribution in [0.3, 0.4) is 0 Å². The molecule has 1 aromatic rings. The Kier molecular flexibility index (Phi) is 5.23. The molecule has 3 rings (SSSR count). The maximum Gasteiger partial charge on any atom is 0.417 e. The minimum Gasteiger partial charge on any atom is -0.494 e. The summed E-state index contributed by atoms with van der Waals surface area (Å²) in [6.45, 7) is 1.88. The highest BCUT2D eigenvalue weighted by Gasteiger charge is 2.41. The van der Waals surface area contributed by atoms with Crippen LogP contribution in [0.25, 0.3) is 0 Å². The van der Waals surface area contributed by atoms with Crippen LogP contribution in [0, 0.1) is 0 Å². The van der Waals surface area contributed by atoms with E-state index >= 15 is 0 Å². The zero-order valence-corrected chi connectivity index (χ0v) is 14.5. The van der Waals surface area contributed by atoms with Crippen LogP contribution in [0.1, 0.15) is 25.0 Å². The van der Waals surface area contributed by atoms with E-state index in [1.54, 1.807) is 29.6 Å². The maximum atomic E-state index is 12.1. The van der Waals surface area contributed by atoms with Crippen LogP contribution in [0.15, 0.2) is 52.6 Å². The SMILES string of the molecule is C[C@@H]1[C@H](c2ccccc2)OC(=O)N1/C(O)=C/C=C1SCCCS1. The standard InChI is InChI=1S/C17H19NO3S2/c1-12-16(13-6-3-2-4-7-13)21-17(20)18(12)14(19)8-9-15-22-10-5-11-23-15/h2-4,6-9,12,16,19H,5,10-11H2,1H3/b14-8-/t12-,16-/m1/s1. The number of ether oxygens (including phenoxy) is 1. The molecular weight excluding hydrogens is 330 g/mol. The molecule has 2 heterocycles. The Labute approximate surface area is 144 Å². The van der Waals surface area contributed by atoms with Gasteiger partial charge in [-0.05, 0) is 36.5 Å². The van der Waals surface area contributed by atoms with Gasteiger partial charge in [0.15, 0.2) is 5.88 Å². The predicted molar refractivity (Wildman–Crippen MR) is 95.3 cm³/mol. The molecule has 2 aliphatic rings. The normalized spacial score (nSPS) is 25.4. The number of hydrogen-bond acceptors (Lipinski definition) is 5. The van der Waals surface area contributed by atoms with Crippen LogP contribution in [0.2, 0.25) is 0 Å². The van der Waals surface area contributed by atoms with Crippen molar-refractivity contribution in [2.75, 3.05) is 11.5 Å². The average Bonchev–Trinajstić information content (AvgIpc) is 2.89. The number of carbonyl (C=O) groups is 1. The molecule has 1 aromatic carbocycles. The molecule has 0 bridgehead atoms. The molecule has 1 amide bonds. The second-order valence-electron chi connectivity index (χ2n) is 5.39.